The number of benzene rings is 2. The molecular formula is C14H15N3O2. The summed E-state index contributed by atoms with van der Waals surface area (Å²) < 4.78 is 5.30. The van der Waals surface area contributed by atoms with Crippen LogP contribution in [0.5, 0.6) is 5.75 Å². The summed E-state index contributed by atoms with van der Waals surface area (Å²) in [7, 11) is 0. The second-order valence-electron chi connectivity index (χ2n) is 4.08. The molecule has 0 bridgehead atoms. The van der Waals surface area contributed by atoms with Crippen molar-refractivity contribution in [3.05, 3.63) is 53.6 Å². The highest BCUT2D eigenvalue weighted by Gasteiger charge is 2.11. The summed E-state index contributed by atoms with van der Waals surface area (Å²) >= 11 is 0. The van der Waals surface area contributed by atoms with Gasteiger partial charge in [-0.05, 0) is 30.3 Å². The van der Waals surface area contributed by atoms with Gasteiger partial charge in [0.05, 0.1) is 5.56 Å². The molecule has 2 aromatic rings. The van der Waals surface area contributed by atoms with E-state index in [2.05, 4.69) is 0 Å². The molecule has 0 radical (unpaired) electrons. The molecule has 6 N–H and O–H groups in total. The Morgan fingerprint density at radius 1 is 1.00 bits per heavy atom. The maximum atomic E-state index is 12.0. The summed E-state index contributed by atoms with van der Waals surface area (Å²) in [5.74, 6) is -0.0929. The number of ether oxygens (including phenoxy) is 1. The fourth-order valence-electron chi connectivity index (χ4n) is 1.61. The monoisotopic (exact) mass is 257 g/mol. The first-order valence-electron chi connectivity index (χ1n) is 5.76. The molecule has 0 spiro atoms. The van der Waals surface area contributed by atoms with E-state index < -0.39 is 5.97 Å². The molecule has 0 saturated carbocycles. The highest BCUT2D eigenvalue weighted by atomic mass is 16.5. The topological polar surface area (TPSA) is 104 Å². The third kappa shape index (κ3) is 3.02. The van der Waals surface area contributed by atoms with E-state index in [1.165, 1.54) is 0 Å². The number of esters is 1. The maximum absolute atomic E-state index is 12.0. The van der Waals surface area contributed by atoms with Crippen LogP contribution in [0, 0.1) is 0 Å². The van der Waals surface area contributed by atoms with Crippen molar-refractivity contribution in [1.29, 1.82) is 0 Å². The lowest BCUT2D eigenvalue weighted by Gasteiger charge is -2.09. The van der Waals surface area contributed by atoms with Crippen LogP contribution in [0.25, 0.3) is 0 Å². The summed E-state index contributed by atoms with van der Waals surface area (Å²) in [6.45, 7) is 0.268. The third-order valence-electron chi connectivity index (χ3n) is 2.66. The van der Waals surface area contributed by atoms with Crippen LogP contribution >= 0.6 is 0 Å². The molecule has 19 heavy (non-hydrogen) atoms. The van der Waals surface area contributed by atoms with Crippen LogP contribution in [0.15, 0.2) is 42.5 Å². The van der Waals surface area contributed by atoms with Crippen molar-refractivity contribution in [2.24, 2.45) is 5.73 Å². The molecule has 0 aliphatic carbocycles. The van der Waals surface area contributed by atoms with Gasteiger partial charge in [-0.25, -0.2) is 4.79 Å². The molecule has 0 aliphatic heterocycles. The number of nitrogen functional groups attached to an aromatic ring is 2. The lowest BCUT2D eigenvalue weighted by molar-refractivity contribution is 0.0733. The smallest absolute Gasteiger partial charge is 0.343 e. The first-order valence-corrected chi connectivity index (χ1v) is 5.76. The molecule has 5 heteroatoms. The fraction of sp³-hybridized carbons (Fsp3) is 0.0714. The number of rotatable bonds is 3. The Morgan fingerprint density at radius 3 is 2.26 bits per heavy atom. The number of hydrogen-bond donors (Lipinski definition) is 3. The number of hydrogen-bond acceptors (Lipinski definition) is 5. The Balaban J connectivity index is 2.23. The van der Waals surface area contributed by atoms with Gasteiger partial charge < -0.3 is 21.9 Å². The molecule has 0 heterocycles. The van der Waals surface area contributed by atoms with E-state index in [4.69, 9.17) is 21.9 Å². The fourth-order valence-corrected chi connectivity index (χ4v) is 1.61. The van der Waals surface area contributed by atoms with E-state index in [1.54, 1.807) is 42.5 Å². The standard InChI is InChI=1S/C14H15N3O2/c15-8-10-3-6-12(17)7-13(10)19-14(18)9-1-4-11(16)5-2-9/h1-7H,8,15-17H2. The molecule has 0 fully saturated rings. The average Bonchev–Trinajstić information content (AvgIpc) is 2.39. The predicted octanol–water partition coefficient (Wildman–Crippen LogP) is 1.53. The molecule has 2 aromatic carbocycles. The second kappa shape index (κ2) is 5.41. The van der Waals surface area contributed by atoms with Crippen LogP contribution < -0.4 is 21.9 Å². The highest BCUT2D eigenvalue weighted by Crippen LogP contribution is 2.22. The van der Waals surface area contributed by atoms with Gasteiger partial charge in [0.1, 0.15) is 5.75 Å². The zero-order chi connectivity index (χ0) is 13.8. The van der Waals surface area contributed by atoms with Gasteiger partial charge in [-0.1, -0.05) is 6.07 Å². The lowest BCUT2D eigenvalue weighted by atomic mass is 10.1. The van der Waals surface area contributed by atoms with Crippen molar-refractivity contribution in [3.8, 4) is 5.75 Å². The zero-order valence-electron chi connectivity index (χ0n) is 10.3. The second-order valence-corrected chi connectivity index (χ2v) is 4.08. The van der Waals surface area contributed by atoms with Gasteiger partial charge >= 0.3 is 5.97 Å². The van der Waals surface area contributed by atoms with Gasteiger partial charge in [0.25, 0.3) is 0 Å². The van der Waals surface area contributed by atoms with Crippen LogP contribution in [0.3, 0.4) is 0 Å². The largest absolute Gasteiger partial charge is 0.423 e. The quantitative estimate of drug-likeness (QED) is 0.439. The third-order valence-corrected chi connectivity index (χ3v) is 2.66. The summed E-state index contributed by atoms with van der Waals surface area (Å²) in [6.07, 6.45) is 0. The number of carbonyl (C=O) groups is 1. The van der Waals surface area contributed by atoms with E-state index in [0.29, 0.717) is 22.7 Å². The van der Waals surface area contributed by atoms with Gasteiger partial charge in [0.2, 0.25) is 0 Å². The minimum absolute atomic E-state index is 0.268. The molecule has 98 valence electrons. The molecule has 5 nitrogen and oxygen atoms in total. The molecule has 0 amide bonds. The van der Waals surface area contributed by atoms with Crippen LogP contribution in [0.2, 0.25) is 0 Å². The summed E-state index contributed by atoms with van der Waals surface area (Å²) in [5.41, 5.74) is 19.0. The summed E-state index contributed by atoms with van der Waals surface area (Å²) in [6, 6.07) is 11.5. The Hall–Kier alpha value is -2.53. The first kappa shape index (κ1) is 12.9. The van der Waals surface area contributed by atoms with Crippen LogP contribution in [0.1, 0.15) is 15.9 Å². The van der Waals surface area contributed by atoms with E-state index in [1.807, 2.05) is 0 Å². The van der Waals surface area contributed by atoms with Crippen molar-refractivity contribution in [1.82, 2.24) is 0 Å². The minimum atomic E-state index is -0.472. The van der Waals surface area contributed by atoms with Gasteiger partial charge in [0.15, 0.2) is 0 Å². The maximum Gasteiger partial charge on any atom is 0.343 e. The summed E-state index contributed by atoms with van der Waals surface area (Å²) in [4.78, 5) is 12.0. The van der Waals surface area contributed by atoms with Gasteiger partial charge in [0, 0.05) is 29.5 Å². The van der Waals surface area contributed by atoms with E-state index in [0.717, 1.165) is 5.56 Å². The first-order chi connectivity index (χ1) is 9.10. The van der Waals surface area contributed by atoms with Crippen molar-refractivity contribution in [2.45, 2.75) is 6.54 Å². The molecular weight excluding hydrogens is 242 g/mol. The van der Waals surface area contributed by atoms with Gasteiger partial charge in [-0.2, -0.15) is 0 Å². The number of anilines is 2. The average molecular weight is 257 g/mol. The Bertz CT molecular complexity index is 594. The SMILES string of the molecule is NCc1ccc(N)cc1OC(=O)c1ccc(N)cc1. The normalized spacial score (nSPS) is 10.2. The molecule has 0 unspecified atom stereocenters. The van der Waals surface area contributed by atoms with Crippen LogP contribution in [-0.4, -0.2) is 5.97 Å². The number of carbonyl (C=O) groups excluding carboxylic acids is 1. The van der Waals surface area contributed by atoms with Gasteiger partial charge in [-0.3, -0.25) is 0 Å². The Morgan fingerprint density at radius 2 is 1.63 bits per heavy atom. The highest BCUT2D eigenvalue weighted by molar-refractivity contribution is 5.91. The molecule has 2 rings (SSSR count). The van der Waals surface area contributed by atoms with E-state index in [9.17, 15) is 4.79 Å². The molecule has 0 atom stereocenters. The molecule has 0 aromatic heterocycles. The zero-order valence-corrected chi connectivity index (χ0v) is 10.3. The molecule has 0 saturated heterocycles. The van der Waals surface area contributed by atoms with Crippen LogP contribution in [-0.2, 0) is 6.54 Å². The Kier molecular flexibility index (Phi) is 3.68. The predicted molar refractivity (Wildman–Crippen MR) is 74.6 cm³/mol. The Labute approximate surface area is 111 Å². The van der Waals surface area contributed by atoms with Crippen molar-refractivity contribution < 1.29 is 9.53 Å². The van der Waals surface area contributed by atoms with Crippen molar-refractivity contribution in [2.75, 3.05) is 11.5 Å². The van der Waals surface area contributed by atoms with E-state index in [-0.39, 0.29) is 6.54 Å². The van der Waals surface area contributed by atoms with E-state index >= 15 is 0 Å². The number of nitrogens with two attached hydrogens (primary N) is 3. The minimum Gasteiger partial charge on any atom is -0.423 e. The molecule has 0 aliphatic rings. The van der Waals surface area contributed by atoms with Crippen molar-refractivity contribution in [3.63, 3.8) is 0 Å². The van der Waals surface area contributed by atoms with Crippen molar-refractivity contribution >= 4 is 17.3 Å². The lowest BCUT2D eigenvalue weighted by Crippen LogP contribution is -2.11. The van der Waals surface area contributed by atoms with Crippen LogP contribution in [0.4, 0.5) is 11.4 Å². The summed E-state index contributed by atoms with van der Waals surface area (Å²) in [5, 5.41) is 0. The van der Waals surface area contributed by atoms with Gasteiger partial charge in [-0.15, -0.1) is 0 Å².